The van der Waals surface area contributed by atoms with E-state index < -0.39 is 0 Å². The Morgan fingerprint density at radius 1 is 1.13 bits per heavy atom. The third kappa shape index (κ3) is 4.69. The van der Waals surface area contributed by atoms with Crippen LogP contribution in [0.25, 0.3) is 0 Å². The van der Waals surface area contributed by atoms with Crippen LogP contribution in [0, 0.1) is 17.8 Å². The Morgan fingerprint density at radius 2 is 1.87 bits per heavy atom. The smallest absolute Gasteiger partial charge is 0.226 e. The molecule has 0 unspecified atom stereocenters. The zero-order valence-electron chi connectivity index (χ0n) is 18.0. The molecule has 164 valence electrons. The summed E-state index contributed by atoms with van der Waals surface area (Å²) in [6, 6.07) is 0. The number of hydrogen-bond donors (Lipinski definition) is 3. The first-order chi connectivity index (χ1) is 14.5. The van der Waals surface area contributed by atoms with Crippen molar-refractivity contribution in [2.24, 2.45) is 24.8 Å². The van der Waals surface area contributed by atoms with E-state index in [0.717, 1.165) is 75.2 Å². The van der Waals surface area contributed by atoms with Gasteiger partial charge >= 0.3 is 0 Å². The average molecular weight is 415 g/mol. The second kappa shape index (κ2) is 9.20. The van der Waals surface area contributed by atoms with Crippen molar-refractivity contribution in [1.29, 1.82) is 0 Å². The molecule has 2 amide bonds. The molecule has 3 N–H and O–H groups in total. The quantitative estimate of drug-likeness (QED) is 0.696. The van der Waals surface area contributed by atoms with E-state index in [0.29, 0.717) is 19.0 Å². The van der Waals surface area contributed by atoms with Crippen molar-refractivity contribution in [3.63, 3.8) is 0 Å². The Kier molecular flexibility index (Phi) is 6.41. The normalized spacial score (nSPS) is 25.2. The van der Waals surface area contributed by atoms with Crippen LogP contribution < -0.4 is 16.0 Å². The fourth-order valence-electron chi connectivity index (χ4n) is 4.96. The van der Waals surface area contributed by atoms with E-state index in [1.54, 1.807) is 4.68 Å². The van der Waals surface area contributed by atoms with Crippen LogP contribution in [0.5, 0.6) is 0 Å². The molecular formula is C22H34N6O2. The summed E-state index contributed by atoms with van der Waals surface area (Å²) in [5, 5.41) is 14.1. The number of anilines is 1. The second-order valence-corrected chi connectivity index (χ2v) is 9.05. The van der Waals surface area contributed by atoms with E-state index in [4.69, 9.17) is 0 Å². The van der Waals surface area contributed by atoms with E-state index in [2.05, 4.69) is 27.6 Å². The molecule has 0 aromatic carbocycles. The zero-order valence-corrected chi connectivity index (χ0v) is 18.0. The number of carbonyl (C=O) groups excluding carboxylic acids is 2. The van der Waals surface area contributed by atoms with E-state index >= 15 is 0 Å². The summed E-state index contributed by atoms with van der Waals surface area (Å²) in [4.78, 5) is 27.5. The number of aryl methyl sites for hydroxylation is 1. The van der Waals surface area contributed by atoms with Gasteiger partial charge in [0, 0.05) is 36.7 Å². The summed E-state index contributed by atoms with van der Waals surface area (Å²) in [5.74, 6) is 2.04. The van der Waals surface area contributed by atoms with Gasteiger partial charge in [0.05, 0.1) is 19.3 Å². The first-order valence-electron chi connectivity index (χ1n) is 11.2. The van der Waals surface area contributed by atoms with Crippen molar-refractivity contribution < 1.29 is 9.59 Å². The number of hydrogen-bond acceptors (Lipinski definition) is 5. The molecule has 3 aliphatic rings. The molecule has 30 heavy (non-hydrogen) atoms. The molecule has 3 heterocycles. The molecule has 1 aromatic heterocycles. The SMILES string of the molecule is C=C1CN(C(=O)C2CCC(CNC(=O)C3CCNCC3)CC2)Cc2cnn(C)c2N1. The van der Waals surface area contributed by atoms with Gasteiger partial charge in [-0.15, -0.1) is 0 Å². The first-order valence-corrected chi connectivity index (χ1v) is 11.2. The monoisotopic (exact) mass is 414 g/mol. The third-order valence-corrected chi connectivity index (χ3v) is 6.84. The fraction of sp³-hybridized carbons (Fsp3) is 0.682. The molecule has 8 heteroatoms. The molecule has 0 atom stereocenters. The van der Waals surface area contributed by atoms with E-state index in [9.17, 15) is 9.59 Å². The number of amides is 2. The van der Waals surface area contributed by atoms with Crippen molar-refractivity contribution in [2.45, 2.75) is 45.1 Å². The molecule has 1 aromatic rings. The van der Waals surface area contributed by atoms with Crippen molar-refractivity contribution in [3.05, 3.63) is 24.0 Å². The zero-order chi connectivity index (χ0) is 21.1. The van der Waals surface area contributed by atoms with Crippen LogP contribution in [-0.4, -0.2) is 52.7 Å². The maximum absolute atomic E-state index is 13.2. The Hall–Kier alpha value is -2.35. The highest BCUT2D eigenvalue weighted by molar-refractivity contribution is 5.80. The van der Waals surface area contributed by atoms with Crippen molar-refractivity contribution >= 4 is 17.6 Å². The number of carbonyl (C=O) groups is 2. The molecule has 1 saturated heterocycles. The van der Waals surface area contributed by atoms with Gasteiger partial charge < -0.3 is 20.9 Å². The second-order valence-electron chi connectivity index (χ2n) is 9.05. The minimum absolute atomic E-state index is 0.0624. The van der Waals surface area contributed by atoms with Crippen LogP contribution in [0.1, 0.15) is 44.1 Å². The van der Waals surface area contributed by atoms with Crippen molar-refractivity contribution in [3.8, 4) is 0 Å². The molecule has 1 aliphatic carbocycles. The van der Waals surface area contributed by atoms with Crippen molar-refractivity contribution in [1.82, 2.24) is 25.3 Å². The van der Waals surface area contributed by atoms with Gasteiger partial charge in [-0.3, -0.25) is 14.3 Å². The number of aromatic nitrogens is 2. The summed E-state index contributed by atoms with van der Waals surface area (Å²) in [6.45, 7) is 7.78. The lowest BCUT2D eigenvalue weighted by atomic mass is 9.81. The standard InChI is InChI=1S/C22H34N6O2/c1-15-13-28(14-19-12-25-27(2)20(19)26-15)22(30)18-5-3-16(4-6-18)11-24-21(29)17-7-9-23-10-8-17/h12,16-18,23,26H,1,3-11,13-14H2,2H3,(H,24,29). The van der Waals surface area contributed by atoms with Crippen LogP contribution >= 0.6 is 0 Å². The predicted octanol–water partition coefficient (Wildman–Crippen LogP) is 1.61. The summed E-state index contributed by atoms with van der Waals surface area (Å²) < 4.78 is 1.79. The van der Waals surface area contributed by atoms with Crippen LogP contribution in [0.4, 0.5) is 5.82 Å². The number of fused-ring (bicyclic) bond motifs is 1. The van der Waals surface area contributed by atoms with Crippen LogP contribution in [-0.2, 0) is 23.2 Å². The minimum atomic E-state index is 0.0624. The average Bonchev–Trinajstić information content (AvgIpc) is 3.01. The molecule has 1 saturated carbocycles. The molecule has 0 bridgehead atoms. The fourth-order valence-corrected chi connectivity index (χ4v) is 4.96. The Labute approximate surface area is 178 Å². The van der Waals surface area contributed by atoms with Gasteiger partial charge in [-0.25, -0.2) is 0 Å². The van der Waals surface area contributed by atoms with Gasteiger partial charge in [0.1, 0.15) is 5.82 Å². The maximum atomic E-state index is 13.2. The van der Waals surface area contributed by atoms with Gasteiger partial charge in [0.15, 0.2) is 0 Å². The van der Waals surface area contributed by atoms with Crippen LogP contribution in [0.2, 0.25) is 0 Å². The molecule has 8 nitrogen and oxygen atoms in total. The largest absolute Gasteiger partial charge is 0.356 e. The molecule has 2 aliphatic heterocycles. The molecule has 2 fully saturated rings. The van der Waals surface area contributed by atoms with Gasteiger partial charge in [-0.1, -0.05) is 6.58 Å². The van der Waals surface area contributed by atoms with Crippen LogP contribution in [0.15, 0.2) is 18.5 Å². The first kappa shape index (κ1) is 20.9. The Balaban J connectivity index is 1.26. The lowest BCUT2D eigenvalue weighted by molar-refractivity contribution is -0.137. The maximum Gasteiger partial charge on any atom is 0.226 e. The lowest BCUT2D eigenvalue weighted by Crippen LogP contribution is -2.41. The molecule has 4 rings (SSSR count). The van der Waals surface area contributed by atoms with Gasteiger partial charge in [0.25, 0.3) is 0 Å². The van der Waals surface area contributed by atoms with Gasteiger partial charge in [0.2, 0.25) is 11.8 Å². The van der Waals surface area contributed by atoms with E-state index in [-0.39, 0.29) is 23.7 Å². The predicted molar refractivity (Wildman–Crippen MR) is 115 cm³/mol. The van der Waals surface area contributed by atoms with Crippen LogP contribution in [0.3, 0.4) is 0 Å². The highest BCUT2D eigenvalue weighted by Gasteiger charge is 2.32. The third-order valence-electron chi connectivity index (χ3n) is 6.84. The summed E-state index contributed by atoms with van der Waals surface area (Å²) in [6.07, 6.45) is 7.46. The van der Waals surface area contributed by atoms with Gasteiger partial charge in [-0.2, -0.15) is 5.10 Å². The number of nitrogens with one attached hydrogen (secondary N) is 3. The topological polar surface area (TPSA) is 91.3 Å². The molecular weight excluding hydrogens is 380 g/mol. The van der Waals surface area contributed by atoms with Crippen molar-refractivity contribution in [2.75, 3.05) is 31.5 Å². The van der Waals surface area contributed by atoms with Gasteiger partial charge in [-0.05, 0) is 57.5 Å². The Morgan fingerprint density at radius 3 is 2.60 bits per heavy atom. The summed E-state index contributed by atoms with van der Waals surface area (Å²) in [7, 11) is 1.89. The number of rotatable bonds is 4. The van der Waals surface area contributed by atoms with E-state index in [1.165, 1.54) is 0 Å². The Bertz CT molecular complexity index is 790. The highest BCUT2D eigenvalue weighted by atomic mass is 16.2. The summed E-state index contributed by atoms with van der Waals surface area (Å²) in [5.41, 5.74) is 1.85. The molecule has 0 spiro atoms. The summed E-state index contributed by atoms with van der Waals surface area (Å²) >= 11 is 0. The number of nitrogens with zero attached hydrogens (tertiary/aromatic N) is 3. The highest BCUT2D eigenvalue weighted by Crippen LogP contribution is 2.31. The lowest BCUT2D eigenvalue weighted by Gasteiger charge is -2.32. The van der Waals surface area contributed by atoms with E-state index in [1.807, 2.05) is 18.1 Å². The number of piperidine rings is 1. The molecule has 0 radical (unpaired) electrons. The minimum Gasteiger partial charge on any atom is -0.356 e.